The molecular weight excluding hydrogens is 332 g/mol. The molecule has 1 heterocycles. The number of hydrogen-bond donors (Lipinski definition) is 0. The minimum Gasteiger partial charge on any atom is -0.492 e. The largest absolute Gasteiger partial charge is 0.492 e. The maximum atomic E-state index is 12.6. The molecule has 0 bridgehead atoms. The fourth-order valence-corrected chi connectivity index (χ4v) is 3.62. The molecule has 0 aliphatic carbocycles. The van der Waals surface area contributed by atoms with Gasteiger partial charge in [0.15, 0.2) is 0 Å². The Morgan fingerprint density at radius 3 is 2.56 bits per heavy atom. The lowest BCUT2D eigenvalue weighted by Gasteiger charge is -2.26. The van der Waals surface area contributed by atoms with Crippen molar-refractivity contribution in [3.63, 3.8) is 0 Å². The number of ether oxygens (including phenoxy) is 1. The number of carbonyl (C=O) groups excluding carboxylic acids is 1. The summed E-state index contributed by atoms with van der Waals surface area (Å²) in [4.78, 5) is 18.2. The van der Waals surface area contributed by atoms with E-state index in [-0.39, 0.29) is 5.91 Å². The lowest BCUT2D eigenvalue weighted by atomic mass is 10.2. The molecule has 25 heavy (non-hydrogen) atoms. The summed E-state index contributed by atoms with van der Waals surface area (Å²) in [5.74, 6) is 0.865. The van der Waals surface area contributed by atoms with E-state index in [9.17, 15) is 4.79 Å². The van der Waals surface area contributed by atoms with Crippen LogP contribution in [-0.4, -0.2) is 45.1 Å². The number of carbonyl (C=O) groups is 1. The Morgan fingerprint density at radius 2 is 1.84 bits per heavy atom. The Bertz CT molecular complexity index is 785. The fourth-order valence-electron chi connectivity index (χ4n) is 2.51. The van der Waals surface area contributed by atoms with Gasteiger partial charge in [-0.1, -0.05) is 36.0 Å². The molecule has 0 saturated heterocycles. The van der Waals surface area contributed by atoms with E-state index < -0.39 is 0 Å². The number of anilines is 1. The second kappa shape index (κ2) is 7.76. The third-order valence-electron chi connectivity index (χ3n) is 3.95. The SMILES string of the molecule is CN(C)CCOc1ccc(C=C2Sc3ccccc3N(C)C2=O)cc1. The molecule has 0 atom stereocenters. The highest BCUT2D eigenvalue weighted by molar-refractivity contribution is 8.04. The maximum absolute atomic E-state index is 12.6. The summed E-state index contributed by atoms with van der Waals surface area (Å²) in [6.07, 6.45) is 1.93. The quantitative estimate of drug-likeness (QED) is 0.766. The molecule has 2 aromatic carbocycles. The van der Waals surface area contributed by atoms with E-state index in [1.54, 1.807) is 4.90 Å². The number of amides is 1. The van der Waals surface area contributed by atoms with Crippen molar-refractivity contribution in [3.05, 3.63) is 59.0 Å². The Balaban J connectivity index is 1.73. The number of rotatable bonds is 5. The highest BCUT2D eigenvalue weighted by Gasteiger charge is 2.25. The van der Waals surface area contributed by atoms with Crippen LogP contribution in [-0.2, 0) is 4.79 Å². The van der Waals surface area contributed by atoms with Crippen molar-refractivity contribution < 1.29 is 9.53 Å². The summed E-state index contributed by atoms with van der Waals surface area (Å²) in [6, 6.07) is 15.8. The summed E-state index contributed by atoms with van der Waals surface area (Å²) in [5.41, 5.74) is 1.95. The molecule has 0 aromatic heterocycles. The lowest BCUT2D eigenvalue weighted by molar-refractivity contribution is -0.114. The minimum absolute atomic E-state index is 0.0232. The topological polar surface area (TPSA) is 32.8 Å². The van der Waals surface area contributed by atoms with Crippen molar-refractivity contribution in [1.29, 1.82) is 0 Å². The van der Waals surface area contributed by atoms with E-state index in [1.165, 1.54) is 11.8 Å². The van der Waals surface area contributed by atoms with Crippen molar-refractivity contribution in [3.8, 4) is 5.75 Å². The number of para-hydroxylation sites is 1. The molecule has 0 spiro atoms. The highest BCUT2D eigenvalue weighted by Crippen LogP contribution is 2.41. The van der Waals surface area contributed by atoms with Crippen molar-refractivity contribution in [2.24, 2.45) is 0 Å². The van der Waals surface area contributed by atoms with Crippen LogP contribution in [0.2, 0.25) is 0 Å². The normalized spacial score (nSPS) is 15.6. The van der Waals surface area contributed by atoms with Gasteiger partial charge in [-0.2, -0.15) is 0 Å². The van der Waals surface area contributed by atoms with Crippen LogP contribution in [0.15, 0.2) is 58.3 Å². The van der Waals surface area contributed by atoms with Crippen molar-refractivity contribution in [2.45, 2.75) is 4.90 Å². The van der Waals surface area contributed by atoms with Crippen molar-refractivity contribution >= 4 is 29.4 Å². The van der Waals surface area contributed by atoms with E-state index in [0.717, 1.165) is 33.3 Å². The van der Waals surface area contributed by atoms with Gasteiger partial charge in [-0.3, -0.25) is 4.79 Å². The van der Waals surface area contributed by atoms with Gasteiger partial charge in [0.25, 0.3) is 5.91 Å². The third-order valence-corrected chi connectivity index (χ3v) is 5.02. The number of nitrogens with zero attached hydrogens (tertiary/aromatic N) is 2. The first-order chi connectivity index (χ1) is 12.0. The van der Waals surface area contributed by atoms with Crippen LogP contribution >= 0.6 is 11.8 Å². The molecule has 130 valence electrons. The van der Waals surface area contributed by atoms with Crippen LogP contribution in [0.25, 0.3) is 6.08 Å². The third kappa shape index (κ3) is 4.24. The van der Waals surface area contributed by atoms with Crippen molar-refractivity contribution in [1.82, 2.24) is 4.90 Å². The molecule has 0 unspecified atom stereocenters. The maximum Gasteiger partial charge on any atom is 0.264 e. The molecular formula is C20H22N2O2S. The molecule has 3 rings (SSSR count). The summed E-state index contributed by atoms with van der Waals surface area (Å²) in [5, 5.41) is 0. The van der Waals surface area contributed by atoms with Crippen LogP contribution < -0.4 is 9.64 Å². The second-order valence-corrected chi connectivity index (χ2v) is 7.25. The standard InChI is InChI=1S/C20H22N2O2S/c1-21(2)12-13-24-16-10-8-15(9-11-16)14-19-20(23)22(3)17-6-4-5-7-18(17)25-19/h4-11,14H,12-13H2,1-3H3. The molecule has 1 amide bonds. The Hall–Kier alpha value is -2.24. The van der Waals surface area contributed by atoms with Gasteiger partial charge >= 0.3 is 0 Å². The zero-order valence-corrected chi connectivity index (χ0v) is 15.5. The van der Waals surface area contributed by atoms with E-state index >= 15 is 0 Å². The number of thioether (sulfide) groups is 1. The smallest absolute Gasteiger partial charge is 0.264 e. The molecule has 0 N–H and O–H groups in total. The summed E-state index contributed by atoms with van der Waals surface area (Å²) < 4.78 is 5.70. The number of fused-ring (bicyclic) bond motifs is 1. The Labute approximate surface area is 153 Å². The molecule has 0 fully saturated rings. The van der Waals surface area contributed by atoms with E-state index in [0.29, 0.717) is 6.61 Å². The van der Waals surface area contributed by atoms with Gasteiger partial charge in [-0.15, -0.1) is 0 Å². The average Bonchev–Trinajstić information content (AvgIpc) is 2.61. The lowest BCUT2D eigenvalue weighted by Crippen LogP contribution is -2.29. The monoisotopic (exact) mass is 354 g/mol. The molecule has 1 aliphatic heterocycles. The first kappa shape index (κ1) is 17.6. The van der Waals surface area contributed by atoms with E-state index in [4.69, 9.17) is 4.74 Å². The van der Waals surface area contributed by atoms with Gasteiger partial charge in [-0.25, -0.2) is 0 Å². The summed E-state index contributed by atoms with van der Waals surface area (Å²) in [6.45, 7) is 1.53. The second-order valence-electron chi connectivity index (χ2n) is 6.16. The Kier molecular flexibility index (Phi) is 5.46. The van der Waals surface area contributed by atoms with Crippen LogP contribution in [0.3, 0.4) is 0 Å². The zero-order chi connectivity index (χ0) is 17.8. The molecule has 0 radical (unpaired) electrons. The Morgan fingerprint density at radius 1 is 1.12 bits per heavy atom. The predicted molar refractivity (Wildman–Crippen MR) is 104 cm³/mol. The molecule has 2 aromatic rings. The van der Waals surface area contributed by atoms with Crippen LogP contribution in [0, 0.1) is 0 Å². The van der Waals surface area contributed by atoms with Gasteiger partial charge in [0.05, 0.1) is 10.6 Å². The van der Waals surface area contributed by atoms with Crippen LogP contribution in [0.1, 0.15) is 5.56 Å². The van der Waals surface area contributed by atoms with Crippen molar-refractivity contribution in [2.75, 3.05) is 39.2 Å². The van der Waals surface area contributed by atoms with Gasteiger partial charge in [0.1, 0.15) is 12.4 Å². The number of likely N-dealkylation sites (N-methyl/N-ethyl adjacent to an activating group) is 2. The first-order valence-electron chi connectivity index (χ1n) is 8.19. The summed E-state index contributed by atoms with van der Waals surface area (Å²) in [7, 11) is 5.86. The average molecular weight is 354 g/mol. The van der Waals surface area contributed by atoms with Crippen LogP contribution in [0.5, 0.6) is 5.75 Å². The highest BCUT2D eigenvalue weighted by atomic mass is 32.2. The first-order valence-corrected chi connectivity index (χ1v) is 9.00. The van der Waals surface area contributed by atoms with Gasteiger partial charge in [0.2, 0.25) is 0 Å². The molecule has 1 aliphatic rings. The summed E-state index contributed by atoms with van der Waals surface area (Å²) >= 11 is 1.52. The predicted octanol–water partition coefficient (Wildman–Crippen LogP) is 3.74. The number of hydrogen-bond acceptors (Lipinski definition) is 4. The number of benzene rings is 2. The van der Waals surface area contributed by atoms with Gasteiger partial charge < -0.3 is 14.5 Å². The molecule has 4 nitrogen and oxygen atoms in total. The van der Waals surface area contributed by atoms with Gasteiger partial charge in [0, 0.05) is 18.5 Å². The van der Waals surface area contributed by atoms with E-state index in [1.807, 2.05) is 75.7 Å². The molecule has 5 heteroatoms. The molecule has 0 saturated carbocycles. The van der Waals surface area contributed by atoms with Gasteiger partial charge in [-0.05, 0) is 50.0 Å². The van der Waals surface area contributed by atoms with Crippen LogP contribution in [0.4, 0.5) is 5.69 Å². The van der Waals surface area contributed by atoms with E-state index in [2.05, 4.69) is 4.90 Å². The minimum atomic E-state index is 0.0232. The fraction of sp³-hybridized carbons (Fsp3) is 0.250. The zero-order valence-electron chi connectivity index (χ0n) is 14.7.